The summed E-state index contributed by atoms with van der Waals surface area (Å²) in [5.74, 6) is 5.07. The number of rotatable bonds is 2. The van der Waals surface area contributed by atoms with Crippen molar-refractivity contribution in [1.29, 1.82) is 0 Å². The molecule has 1 saturated heterocycles. The Hall–Kier alpha value is -0.160. The van der Waals surface area contributed by atoms with E-state index in [0.29, 0.717) is 13.2 Å². The predicted molar refractivity (Wildman–Crippen MR) is 32.5 cm³/mol. The lowest BCUT2D eigenvalue weighted by Crippen LogP contribution is -2.33. The van der Waals surface area contributed by atoms with Gasteiger partial charge in [0.05, 0.1) is 12.7 Å². The van der Waals surface area contributed by atoms with Gasteiger partial charge in [0, 0.05) is 6.54 Å². The highest BCUT2D eigenvalue weighted by atomic mass is 16.7. The lowest BCUT2D eigenvalue weighted by molar-refractivity contribution is -0.0415. The number of hydrazine groups is 1. The maximum Gasteiger partial charge on any atom is 0.155 e. The van der Waals surface area contributed by atoms with Crippen LogP contribution in [0.15, 0.2) is 0 Å². The van der Waals surface area contributed by atoms with Crippen LogP contribution in [-0.4, -0.2) is 25.5 Å². The zero-order chi connectivity index (χ0) is 6.69. The van der Waals surface area contributed by atoms with Gasteiger partial charge in [0.25, 0.3) is 0 Å². The summed E-state index contributed by atoms with van der Waals surface area (Å²) in [7, 11) is 0. The molecule has 0 aromatic heterocycles. The van der Waals surface area contributed by atoms with Crippen molar-refractivity contribution in [3.05, 3.63) is 0 Å². The van der Waals surface area contributed by atoms with Crippen molar-refractivity contribution >= 4 is 0 Å². The van der Waals surface area contributed by atoms with Gasteiger partial charge in [-0.15, -0.1) is 0 Å². The molecule has 9 heavy (non-hydrogen) atoms. The highest BCUT2D eigenvalue weighted by Gasteiger charge is 2.20. The molecule has 2 atom stereocenters. The third-order valence-corrected chi connectivity index (χ3v) is 1.25. The van der Waals surface area contributed by atoms with Crippen LogP contribution in [0.25, 0.3) is 0 Å². The topological polar surface area (TPSA) is 56.5 Å². The van der Waals surface area contributed by atoms with Crippen LogP contribution in [-0.2, 0) is 9.47 Å². The highest BCUT2D eigenvalue weighted by molar-refractivity contribution is 4.63. The van der Waals surface area contributed by atoms with Crippen LogP contribution < -0.4 is 11.3 Å². The van der Waals surface area contributed by atoms with Gasteiger partial charge < -0.3 is 9.47 Å². The van der Waals surface area contributed by atoms with Gasteiger partial charge in [-0.1, -0.05) is 0 Å². The van der Waals surface area contributed by atoms with Crippen LogP contribution in [0.2, 0.25) is 0 Å². The Bertz CT molecular complexity index is 87.0. The van der Waals surface area contributed by atoms with E-state index in [-0.39, 0.29) is 12.4 Å². The molecule has 4 nitrogen and oxygen atoms in total. The van der Waals surface area contributed by atoms with Gasteiger partial charge in [0.15, 0.2) is 6.29 Å². The molecule has 54 valence electrons. The van der Waals surface area contributed by atoms with Gasteiger partial charge in [0.1, 0.15) is 0 Å². The fourth-order valence-electron chi connectivity index (χ4n) is 0.831. The average Bonchev–Trinajstić information content (AvgIpc) is 2.17. The van der Waals surface area contributed by atoms with E-state index >= 15 is 0 Å². The van der Waals surface area contributed by atoms with Gasteiger partial charge in [0.2, 0.25) is 0 Å². The maximum absolute atomic E-state index is 5.24. The first-order valence-electron chi connectivity index (χ1n) is 3.03. The average molecular weight is 132 g/mol. The first-order valence-corrected chi connectivity index (χ1v) is 3.03. The number of hydrogen-bond acceptors (Lipinski definition) is 4. The zero-order valence-electron chi connectivity index (χ0n) is 5.46. The van der Waals surface area contributed by atoms with E-state index < -0.39 is 0 Å². The second-order valence-electron chi connectivity index (χ2n) is 2.07. The Morgan fingerprint density at radius 3 is 3.00 bits per heavy atom. The molecule has 0 saturated carbocycles. The molecule has 1 heterocycles. The van der Waals surface area contributed by atoms with Crippen molar-refractivity contribution in [2.24, 2.45) is 5.84 Å². The molecule has 2 unspecified atom stereocenters. The molecule has 0 amide bonds. The SMILES string of the molecule is CC1OCC(CNN)O1. The van der Waals surface area contributed by atoms with Crippen LogP contribution in [0.3, 0.4) is 0 Å². The smallest absolute Gasteiger partial charge is 0.155 e. The summed E-state index contributed by atoms with van der Waals surface area (Å²) in [6, 6.07) is 0. The van der Waals surface area contributed by atoms with Crippen molar-refractivity contribution in [2.75, 3.05) is 13.2 Å². The summed E-state index contributed by atoms with van der Waals surface area (Å²) in [6.45, 7) is 3.17. The molecule has 1 fully saturated rings. The quantitative estimate of drug-likeness (QED) is 0.382. The molecule has 0 radical (unpaired) electrons. The van der Waals surface area contributed by atoms with Crippen molar-refractivity contribution in [1.82, 2.24) is 5.43 Å². The van der Waals surface area contributed by atoms with E-state index in [1.165, 1.54) is 0 Å². The molecular weight excluding hydrogens is 120 g/mol. The number of nitrogens with two attached hydrogens (primary N) is 1. The summed E-state index contributed by atoms with van der Waals surface area (Å²) in [6.07, 6.45) is 0.0633. The molecule has 0 aromatic rings. The lowest BCUT2D eigenvalue weighted by Gasteiger charge is -2.05. The third kappa shape index (κ3) is 1.91. The van der Waals surface area contributed by atoms with Crippen LogP contribution >= 0.6 is 0 Å². The monoisotopic (exact) mass is 132 g/mol. The Morgan fingerprint density at radius 2 is 2.56 bits per heavy atom. The lowest BCUT2D eigenvalue weighted by atomic mass is 10.4. The number of nitrogens with one attached hydrogen (secondary N) is 1. The molecule has 4 heteroatoms. The molecule has 1 aliphatic heterocycles. The fraction of sp³-hybridized carbons (Fsp3) is 1.00. The molecule has 0 aliphatic carbocycles. The zero-order valence-corrected chi connectivity index (χ0v) is 5.46. The Kier molecular flexibility index (Phi) is 2.41. The molecule has 0 spiro atoms. The van der Waals surface area contributed by atoms with Crippen LogP contribution in [0.4, 0.5) is 0 Å². The Labute approximate surface area is 54.3 Å². The minimum absolute atomic E-state index is 0.0663. The summed E-state index contributed by atoms with van der Waals surface area (Å²) in [5.41, 5.74) is 2.53. The van der Waals surface area contributed by atoms with Crippen molar-refractivity contribution in [2.45, 2.75) is 19.3 Å². The summed E-state index contributed by atoms with van der Waals surface area (Å²) >= 11 is 0. The van der Waals surface area contributed by atoms with Gasteiger partial charge in [-0.3, -0.25) is 11.3 Å². The van der Waals surface area contributed by atoms with Crippen molar-refractivity contribution < 1.29 is 9.47 Å². The fourth-order valence-corrected chi connectivity index (χ4v) is 0.831. The van der Waals surface area contributed by atoms with E-state index in [1.54, 1.807) is 0 Å². The van der Waals surface area contributed by atoms with E-state index in [1.807, 2.05) is 6.92 Å². The second-order valence-corrected chi connectivity index (χ2v) is 2.07. The molecule has 1 rings (SSSR count). The summed E-state index contributed by atoms with van der Waals surface area (Å²) in [5, 5.41) is 0. The van der Waals surface area contributed by atoms with E-state index in [0.717, 1.165) is 0 Å². The van der Waals surface area contributed by atoms with Crippen LogP contribution in [0.1, 0.15) is 6.92 Å². The highest BCUT2D eigenvalue weighted by Crippen LogP contribution is 2.08. The normalized spacial score (nSPS) is 35.3. The molecule has 1 aliphatic rings. The molecule has 0 aromatic carbocycles. The largest absolute Gasteiger partial charge is 0.350 e. The molecular formula is C5H12N2O2. The molecule has 3 N–H and O–H groups in total. The maximum atomic E-state index is 5.24. The predicted octanol–water partition coefficient (Wildman–Crippen LogP) is -0.789. The van der Waals surface area contributed by atoms with Gasteiger partial charge in [-0.2, -0.15) is 0 Å². The summed E-state index contributed by atoms with van der Waals surface area (Å²) < 4.78 is 10.3. The summed E-state index contributed by atoms with van der Waals surface area (Å²) in [4.78, 5) is 0. The molecule has 0 bridgehead atoms. The minimum atomic E-state index is -0.0663. The van der Waals surface area contributed by atoms with E-state index in [9.17, 15) is 0 Å². The Balaban J connectivity index is 2.14. The minimum Gasteiger partial charge on any atom is -0.350 e. The van der Waals surface area contributed by atoms with Gasteiger partial charge in [-0.25, -0.2) is 0 Å². The van der Waals surface area contributed by atoms with Gasteiger partial charge in [-0.05, 0) is 6.92 Å². The van der Waals surface area contributed by atoms with Gasteiger partial charge >= 0.3 is 0 Å². The van der Waals surface area contributed by atoms with Crippen LogP contribution in [0.5, 0.6) is 0 Å². The first kappa shape index (κ1) is 6.95. The van der Waals surface area contributed by atoms with Crippen LogP contribution in [0, 0.1) is 0 Å². The van der Waals surface area contributed by atoms with Crippen molar-refractivity contribution in [3.63, 3.8) is 0 Å². The van der Waals surface area contributed by atoms with E-state index in [2.05, 4.69) is 5.43 Å². The number of hydrogen-bond donors (Lipinski definition) is 2. The number of ether oxygens (including phenoxy) is 2. The second kappa shape index (κ2) is 3.12. The standard InChI is InChI=1S/C5H12N2O2/c1-4-8-3-5(9-4)2-7-6/h4-5,7H,2-3,6H2,1H3. The van der Waals surface area contributed by atoms with E-state index in [4.69, 9.17) is 15.3 Å². The first-order chi connectivity index (χ1) is 4.33. The van der Waals surface area contributed by atoms with Crippen molar-refractivity contribution in [3.8, 4) is 0 Å². The Morgan fingerprint density at radius 1 is 1.78 bits per heavy atom. The third-order valence-electron chi connectivity index (χ3n) is 1.25.